The lowest BCUT2D eigenvalue weighted by molar-refractivity contribution is 0.410. The molecule has 3 rings (SSSR count). The Morgan fingerprint density at radius 3 is 2.32 bits per heavy atom. The molecule has 3 aromatic rings. The molecule has 148 valence electrons. The molecule has 0 aliphatic heterocycles. The fraction of sp³-hybridized carbons (Fsp3) is 0.286. The summed E-state index contributed by atoms with van der Waals surface area (Å²) in [6, 6.07) is 14.6. The number of benzene rings is 2. The van der Waals surface area contributed by atoms with Crippen molar-refractivity contribution in [2.45, 2.75) is 31.6 Å². The molecule has 0 unspecified atom stereocenters. The van der Waals surface area contributed by atoms with E-state index in [0.717, 1.165) is 34.7 Å². The van der Waals surface area contributed by atoms with Crippen molar-refractivity contribution < 1.29 is 8.42 Å². The van der Waals surface area contributed by atoms with Gasteiger partial charge in [0.2, 0.25) is 10.0 Å². The number of aromatic nitrogens is 1. The Hall–Kier alpha value is -1.73. The highest BCUT2D eigenvalue weighted by Crippen LogP contribution is 2.31. The Morgan fingerprint density at radius 1 is 1.00 bits per heavy atom. The lowest BCUT2D eigenvalue weighted by atomic mass is 10.2. The van der Waals surface area contributed by atoms with Gasteiger partial charge in [0.25, 0.3) is 0 Å². The standard InChI is InChI=1S/C21H23ClN2O2S2/c1-3-12-24(13-4-2)28(25,26)19-7-5-6-17(14-19)20-15-27-21(23-20)16-8-10-18(22)11-9-16/h5-11,14-15H,3-4,12-13H2,1-2H3. The average molecular weight is 435 g/mol. The van der Waals surface area contributed by atoms with Gasteiger partial charge >= 0.3 is 0 Å². The first-order chi connectivity index (χ1) is 13.5. The quantitative estimate of drug-likeness (QED) is 0.440. The molecular formula is C21H23ClN2O2S2. The summed E-state index contributed by atoms with van der Waals surface area (Å²) in [6.07, 6.45) is 1.57. The van der Waals surface area contributed by atoms with Gasteiger partial charge in [-0.05, 0) is 37.1 Å². The Balaban J connectivity index is 1.92. The first kappa shape index (κ1) is 21.0. The third-order valence-corrected chi connectivity index (χ3v) is 7.35. The smallest absolute Gasteiger partial charge is 0.236 e. The number of hydrogen-bond donors (Lipinski definition) is 0. The largest absolute Gasteiger partial charge is 0.243 e. The molecule has 2 aromatic carbocycles. The van der Waals surface area contributed by atoms with Gasteiger partial charge in [-0.3, -0.25) is 0 Å². The number of rotatable bonds is 8. The summed E-state index contributed by atoms with van der Waals surface area (Å²) in [6.45, 7) is 5.03. The number of hydrogen-bond acceptors (Lipinski definition) is 4. The van der Waals surface area contributed by atoms with E-state index in [2.05, 4.69) is 4.98 Å². The molecule has 1 aromatic heterocycles. The maximum absolute atomic E-state index is 13.0. The van der Waals surface area contributed by atoms with Crippen LogP contribution in [0.5, 0.6) is 0 Å². The van der Waals surface area contributed by atoms with Crippen molar-refractivity contribution in [1.82, 2.24) is 9.29 Å². The van der Waals surface area contributed by atoms with E-state index in [0.29, 0.717) is 23.0 Å². The van der Waals surface area contributed by atoms with Gasteiger partial charge in [-0.15, -0.1) is 11.3 Å². The van der Waals surface area contributed by atoms with Crippen LogP contribution in [0.15, 0.2) is 58.8 Å². The fourth-order valence-electron chi connectivity index (χ4n) is 2.95. The molecule has 28 heavy (non-hydrogen) atoms. The van der Waals surface area contributed by atoms with Crippen molar-refractivity contribution in [3.05, 3.63) is 58.9 Å². The van der Waals surface area contributed by atoms with Crippen molar-refractivity contribution in [2.24, 2.45) is 0 Å². The maximum atomic E-state index is 13.0. The molecule has 0 aliphatic carbocycles. The summed E-state index contributed by atoms with van der Waals surface area (Å²) in [4.78, 5) is 5.00. The molecule has 0 saturated carbocycles. The molecule has 7 heteroatoms. The van der Waals surface area contributed by atoms with Gasteiger partial charge in [0.1, 0.15) is 5.01 Å². The van der Waals surface area contributed by atoms with E-state index in [1.807, 2.05) is 49.6 Å². The van der Waals surface area contributed by atoms with Gasteiger partial charge in [0.05, 0.1) is 10.6 Å². The van der Waals surface area contributed by atoms with Crippen LogP contribution in [0.4, 0.5) is 0 Å². The fourth-order valence-corrected chi connectivity index (χ4v) is 5.58. The van der Waals surface area contributed by atoms with E-state index in [4.69, 9.17) is 11.6 Å². The maximum Gasteiger partial charge on any atom is 0.243 e. The Bertz CT molecular complexity index is 1020. The van der Waals surface area contributed by atoms with Crippen molar-refractivity contribution in [3.63, 3.8) is 0 Å². The van der Waals surface area contributed by atoms with E-state index in [9.17, 15) is 8.42 Å². The lowest BCUT2D eigenvalue weighted by Crippen LogP contribution is -2.32. The highest BCUT2D eigenvalue weighted by Gasteiger charge is 2.23. The predicted octanol–water partition coefficient (Wildman–Crippen LogP) is 5.94. The van der Waals surface area contributed by atoms with Crippen LogP contribution in [-0.4, -0.2) is 30.8 Å². The van der Waals surface area contributed by atoms with Crippen LogP contribution < -0.4 is 0 Å². The first-order valence-corrected chi connectivity index (χ1v) is 12.0. The van der Waals surface area contributed by atoms with Gasteiger partial charge in [-0.2, -0.15) is 4.31 Å². The third-order valence-electron chi connectivity index (χ3n) is 4.31. The van der Waals surface area contributed by atoms with Crippen molar-refractivity contribution in [1.29, 1.82) is 0 Å². The molecule has 0 amide bonds. The second-order valence-corrected chi connectivity index (χ2v) is 9.71. The van der Waals surface area contributed by atoms with Crippen molar-refractivity contribution in [2.75, 3.05) is 13.1 Å². The molecule has 0 N–H and O–H groups in total. The Labute approximate surface area is 175 Å². The summed E-state index contributed by atoms with van der Waals surface area (Å²) in [5, 5.41) is 3.51. The number of thiazole rings is 1. The molecule has 0 saturated heterocycles. The van der Waals surface area contributed by atoms with E-state index < -0.39 is 10.0 Å². The van der Waals surface area contributed by atoms with Crippen LogP contribution in [0, 0.1) is 0 Å². The molecule has 4 nitrogen and oxygen atoms in total. The molecule has 0 atom stereocenters. The normalized spacial score (nSPS) is 11.9. The van der Waals surface area contributed by atoms with Crippen LogP contribution in [0.2, 0.25) is 5.02 Å². The zero-order valence-electron chi connectivity index (χ0n) is 15.9. The number of sulfonamides is 1. The van der Waals surface area contributed by atoms with Gasteiger partial charge in [-0.25, -0.2) is 13.4 Å². The van der Waals surface area contributed by atoms with Gasteiger partial charge < -0.3 is 0 Å². The summed E-state index contributed by atoms with van der Waals surface area (Å²) in [5.41, 5.74) is 2.55. The highest BCUT2D eigenvalue weighted by atomic mass is 35.5. The summed E-state index contributed by atoms with van der Waals surface area (Å²) in [7, 11) is -3.51. The Kier molecular flexibility index (Phi) is 6.88. The minimum absolute atomic E-state index is 0.313. The second kappa shape index (κ2) is 9.18. The highest BCUT2D eigenvalue weighted by molar-refractivity contribution is 7.89. The topological polar surface area (TPSA) is 50.3 Å². The lowest BCUT2D eigenvalue weighted by Gasteiger charge is -2.21. The van der Waals surface area contributed by atoms with Gasteiger partial charge in [0, 0.05) is 34.6 Å². The van der Waals surface area contributed by atoms with Crippen molar-refractivity contribution >= 4 is 33.0 Å². The van der Waals surface area contributed by atoms with Gasteiger partial charge in [-0.1, -0.05) is 49.7 Å². The first-order valence-electron chi connectivity index (χ1n) is 9.27. The van der Waals surface area contributed by atoms with Crippen molar-refractivity contribution in [3.8, 4) is 21.8 Å². The number of halogens is 1. The molecule has 0 radical (unpaired) electrons. The minimum atomic E-state index is -3.51. The summed E-state index contributed by atoms with van der Waals surface area (Å²) >= 11 is 7.48. The zero-order chi connectivity index (χ0) is 20.1. The molecule has 0 fully saturated rings. The van der Waals surface area contributed by atoms with E-state index in [1.165, 1.54) is 11.3 Å². The van der Waals surface area contributed by atoms with E-state index in [1.54, 1.807) is 22.5 Å². The summed E-state index contributed by atoms with van der Waals surface area (Å²) in [5.74, 6) is 0. The molecular weight excluding hydrogens is 412 g/mol. The predicted molar refractivity (Wildman–Crippen MR) is 117 cm³/mol. The molecule has 0 bridgehead atoms. The van der Waals surface area contributed by atoms with Crippen LogP contribution in [0.1, 0.15) is 26.7 Å². The second-order valence-electron chi connectivity index (χ2n) is 6.48. The SMILES string of the molecule is CCCN(CCC)S(=O)(=O)c1cccc(-c2csc(-c3ccc(Cl)cc3)n2)c1. The average Bonchev–Trinajstić information content (AvgIpc) is 3.19. The van der Waals surface area contributed by atoms with Gasteiger partial charge in [0.15, 0.2) is 0 Å². The third kappa shape index (κ3) is 4.63. The molecule has 0 aliphatic rings. The minimum Gasteiger partial charge on any atom is -0.236 e. The van der Waals surface area contributed by atoms with Crippen LogP contribution >= 0.6 is 22.9 Å². The van der Waals surface area contributed by atoms with E-state index in [-0.39, 0.29) is 0 Å². The number of nitrogens with zero attached hydrogens (tertiary/aromatic N) is 2. The molecule has 1 heterocycles. The van der Waals surface area contributed by atoms with Crippen LogP contribution in [-0.2, 0) is 10.0 Å². The monoisotopic (exact) mass is 434 g/mol. The van der Waals surface area contributed by atoms with Crippen LogP contribution in [0.3, 0.4) is 0 Å². The van der Waals surface area contributed by atoms with E-state index >= 15 is 0 Å². The molecule has 0 spiro atoms. The van der Waals surface area contributed by atoms with Crippen LogP contribution in [0.25, 0.3) is 21.8 Å². The zero-order valence-corrected chi connectivity index (χ0v) is 18.3. The Morgan fingerprint density at radius 2 is 1.68 bits per heavy atom. The summed E-state index contributed by atoms with van der Waals surface area (Å²) < 4.78 is 27.7.